The first-order valence-corrected chi connectivity index (χ1v) is 9.38. The van der Waals surface area contributed by atoms with Gasteiger partial charge in [-0.1, -0.05) is 60.7 Å². The Morgan fingerprint density at radius 1 is 0.966 bits per heavy atom. The summed E-state index contributed by atoms with van der Waals surface area (Å²) in [5.74, 6) is -1.65. The van der Waals surface area contributed by atoms with Crippen molar-refractivity contribution in [2.45, 2.75) is 18.4 Å². The Bertz CT molecular complexity index is 1030. The fraction of sp³-hybridized carbons (Fsp3) is 0.167. The highest BCUT2D eigenvalue weighted by molar-refractivity contribution is 5.90. The monoisotopic (exact) mass is 389 g/mol. The number of rotatable bonds is 5. The molecule has 3 aromatic rings. The second kappa shape index (κ2) is 7.87. The first-order valence-electron chi connectivity index (χ1n) is 9.38. The molecule has 4 nitrogen and oxygen atoms in total. The average molecular weight is 389 g/mol. The summed E-state index contributed by atoms with van der Waals surface area (Å²) in [6.45, 7) is 0. The van der Waals surface area contributed by atoms with Crippen LogP contribution in [-0.4, -0.2) is 25.0 Å². The Morgan fingerprint density at radius 3 is 2.17 bits per heavy atom. The third kappa shape index (κ3) is 3.63. The molecule has 0 radical (unpaired) electrons. The molecule has 3 aromatic carbocycles. The lowest BCUT2D eigenvalue weighted by molar-refractivity contribution is -0.145. The van der Waals surface area contributed by atoms with Crippen molar-refractivity contribution in [3.05, 3.63) is 95.3 Å². The van der Waals surface area contributed by atoms with Crippen LogP contribution in [0.5, 0.6) is 0 Å². The lowest BCUT2D eigenvalue weighted by Gasteiger charge is -2.24. The smallest absolute Gasteiger partial charge is 0.329 e. The number of halogens is 1. The molecule has 0 aromatic heterocycles. The van der Waals surface area contributed by atoms with Gasteiger partial charge in [0.05, 0.1) is 13.5 Å². The minimum absolute atomic E-state index is 0.0265. The number of fused-ring (bicyclic) bond motifs is 3. The predicted molar refractivity (Wildman–Crippen MR) is 108 cm³/mol. The first kappa shape index (κ1) is 18.9. The topological polar surface area (TPSA) is 55.4 Å². The van der Waals surface area contributed by atoms with Gasteiger partial charge in [0, 0.05) is 5.92 Å². The van der Waals surface area contributed by atoms with E-state index in [0.29, 0.717) is 5.56 Å². The molecule has 29 heavy (non-hydrogen) atoms. The molecule has 0 bridgehead atoms. The van der Waals surface area contributed by atoms with Gasteiger partial charge in [0.15, 0.2) is 0 Å². The van der Waals surface area contributed by atoms with Crippen LogP contribution >= 0.6 is 0 Å². The van der Waals surface area contributed by atoms with E-state index in [1.54, 1.807) is 12.1 Å². The SMILES string of the molecule is COC(=O)[C@@H](NC(=O)Cc1cccc(F)c1)C1c2ccccc2-c2ccccc21. The summed E-state index contributed by atoms with van der Waals surface area (Å²) in [4.78, 5) is 25.4. The Balaban J connectivity index is 1.67. The molecule has 0 aliphatic heterocycles. The molecule has 1 N–H and O–H groups in total. The zero-order valence-electron chi connectivity index (χ0n) is 15.9. The van der Waals surface area contributed by atoms with E-state index in [9.17, 15) is 14.0 Å². The van der Waals surface area contributed by atoms with E-state index >= 15 is 0 Å². The number of benzene rings is 3. The second-order valence-corrected chi connectivity index (χ2v) is 7.03. The lowest BCUT2D eigenvalue weighted by atomic mass is 9.89. The van der Waals surface area contributed by atoms with Gasteiger partial charge in [0.2, 0.25) is 5.91 Å². The Morgan fingerprint density at radius 2 is 1.59 bits per heavy atom. The molecule has 1 atom stereocenters. The van der Waals surface area contributed by atoms with Crippen LogP contribution in [0, 0.1) is 5.82 Å². The van der Waals surface area contributed by atoms with Crippen molar-refractivity contribution in [1.82, 2.24) is 5.32 Å². The normalized spacial score (nSPS) is 13.3. The molecule has 1 aliphatic carbocycles. The molecule has 0 saturated heterocycles. The summed E-state index contributed by atoms with van der Waals surface area (Å²) in [6.07, 6.45) is -0.0265. The standard InChI is InChI=1S/C24H20FNO3/c1-29-24(28)23(26-21(27)14-15-7-6-8-16(25)13-15)22-19-11-4-2-9-17(19)18-10-3-5-12-20(18)22/h2-13,22-23H,14H2,1H3,(H,26,27)/t23-/m0/s1. The van der Waals surface area contributed by atoms with E-state index in [0.717, 1.165) is 22.3 Å². The largest absolute Gasteiger partial charge is 0.467 e. The Kier molecular flexibility index (Phi) is 5.12. The van der Waals surface area contributed by atoms with Gasteiger partial charge in [-0.25, -0.2) is 9.18 Å². The maximum atomic E-state index is 13.4. The molecule has 5 heteroatoms. The molecule has 0 heterocycles. The third-order valence-electron chi connectivity index (χ3n) is 5.24. The van der Waals surface area contributed by atoms with Crippen molar-refractivity contribution in [2.75, 3.05) is 7.11 Å². The van der Waals surface area contributed by atoms with Gasteiger partial charge in [-0.3, -0.25) is 4.79 Å². The van der Waals surface area contributed by atoms with Crippen molar-refractivity contribution < 1.29 is 18.7 Å². The number of amides is 1. The Hall–Kier alpha value is -3.47. The van der Waals surface area contributed by atoms with Crippen LogP contribution in [0.25, 0.3) is 11.1 Å². The predicted octanol–water partition coefficient (Wildman–Crippen LogP) is 3.84. The summed E-state index contributed by atoms with van der Waals surface area (Å²) < 4.78 is 18.4. The summed E-state index contributed by atoms with van der Waals surface area (Å²) in [5, 5.41) is 2.82. The van der Waals surface area contributed by atoms with Gasteiger partial charge in [-0.15, -0.1) is 0 Å². The molecule has 0 unspecified atom stereocenters. The number of carbonyl (C=O) groups excluding carboxylic acids is 2. The van der Waals surface area contributed by atoms with Crippen LogP contribution in [0.15, 0.2) is 72.8 Å². The van der Waals surface area contributed by atoms with E-state index in [2.05, 4.69) is 5.32 Å². The minimum Gasteiger partial charge on any atom is -0.467 e. The van der Waals surface area contributed by atoms with Gasteiger partial charge in [0.25, 0.3) is 0 Å². The van der Waals surface area contributed by atoms with Crippen LogP contribution in [0.4, 0.5) is 4.39 Å². The fourth-order valence-corrected chi connectivity index (χ4v) is 4.02. The van der Waals surface area contributed by atoms with Crippen molar-refractivity contribution in [3.8, 4) is 11.1 Å². The molecule has 0 spiro atoms. The highest BCUT2D eigenvalue weighted by atomic mass is 19.1. The lowest BCUT2D eigenvalue weighted by Crippen LogP contribution is -2.46. The minimum atomic E-state index is -0.883. The van der Waals surface area contributed by atoms with Crippen molar-refractivity contribution in [1.29, 1.82) is 0 Å². The van der Waals surface area contributed by atoms with E-state index in [4.69, 9.17) is 4.74 Å². The number of nitrogens with one attached hydrogen (secondary N) is 1. The summed E-state index contributed by atoms with van der Waals surface area (Å²) in [6, 6.07) is 20.7. The molecule has 0 saturated carbocycles. The van der Waals surface area contributed by atoms with Crippen LogP contribution in [-0.2, 0) is 20.7 Å². The highest BCUT2D eigenvalue weighted by Crippen LogP contribution is 2.46. The molecule has 1 aliphatic rings. The van der Waals surface area contributed by atoms with E-state index < -0.39 is 17.8 Å². The highest BCUT2D eigenvalue weighted by Gasteiger charge is 2.39. The molecule has 1 amide bonds. The summed E-state index contributed by atoms with van der Waals surface area (Å²) in [7, 11) is 1.31. The number of hydrogen-bond donors (Lipinski definition) is 1. The quantitative estimate of drug-likeness (QED) is 0.675. The zero-order chi connectivity index (χ0) is 20.4. The van der Waals surface area contributed by atoms with Gasteiger partial charge in [0.1, 0.15) is 11.9 Å². The first-order chi connectivity index (χ1) is 14.1. The number of methoxy groups -OCH3 is 1. The van der Waals surface area contributed by atoms with Crippen molar-refractivity contribution in [2.24, 2.45) is 0 Å². The van der Waals surface area contributed by atoms with Gasteiger partial charge in [-0.2, -0.15) is 0 Å². The molecule has 146 valence electrons. The van der Waals surface area contributed by atoms with Crippen LogP contribution in [0.3, 0.4) is 0 Å². The van der Waals surface area contributed by atoms with E-state index in [-0.39, 0.29) is 18.2 Å². The van der Waals surface area contributed by atoms with Crippen molar-refractivity contribution in [3.63, 3.8) is 0 Å². The number of esters is 1. The average Bonchev–Trinajstić information content (AvgIpc) is 3.06. The number of ether oxygens (including phenoxy) is 1. The second-order valence-electron chi connectivity index (χ2n) is 7.03. The van der Waals surface area contributed by atoms with Gasteiger partial charge >= 0.3 is 5.97 Å². The van der Waals surface area contributed by atoms with Gasteiger partial charge < -0.3 is 10.1 Å². The van der Waals surface area contributed by atoms with Crippen LogP contribution in [0.2, 0.25) is 0 Å². The summed E-state index contributed by atoms with van der Waals surface area (Å²) >= 11 is 0. The molecule has 0 fully saturated rings. The maximum absolute atomic E-state index is 13.4. The number of hydrogen-bond acceptors (Lipinski definition) is 3. The zero-order valence-corrected chi connectivity index (χ0v) is 15.9. The molecular formula is C24H20FNO3. The fourth-order valence-electron chi connectivity index (χ4n) is 4.02. The van der Waals surface area contributed by atoms with E-state index in [1.807, 2.05) is 48.5 Å². The third-order valence-corrected chi connectivity index (χ3v) is 5.24. The number of carbonyl (C=O) groups is 2. The molecule has 4 rings (SSSR count). The summed E-state index contributed by atoms with van der Waals surface area (Å²) in [5.41, 5.74) is 4.56. The van der Waals surface area contributed by atoms with E-state index in [1.165, 1.54) is 19.2 Å². The van der Waals surface area contributed by atoms with Crippen molar-refractivity contribution >= 4 is 11.9 Å². The maximum Gasteiger partial charge on any atom is 0.329 e. The van der Waals surface area contributed by atoms with Crippen LogP contribution in [0.1, 0.15) is 22.6 Å². The van der Waals surface area contributed by atoms with Gasteiger partial charge in [-0.05, 0) is 39.9 Å². The Labute approximate surface area is 168 Å². The molecular weight excluding hydrogens is 369 g/mol. The van der Waals surface area contributed by atoms with Crippen LogP contribution < -0.4 is 5.32 Å².